The molecule has 220 valence electrons. The molecule has 4 heterocycles. The number of carbonyl (C=O) groups excluding carboxylic acids is 4. The van der Waals surface area contributed by atoms with E-state index in [4.69, 9.17) is 16.9 Å². The lowest BCUT2D eigenvalue weighted by molar-refractivity contribution is 0.0944. The number of aryl methyl sites for hydroxylation is 4. The van der Waals surface area contributed by atoms with Crippen molar-refractivity contribution in [3.05, 3.63) is 71.8 Å². The van der Waals surface area contributed by atoms with E-state index in [1.165, 1.54) is 12.1 Å². The predicted molar refractivity (Wildman–Crippen MR) is 159 cm³/mol. The molecule has 0 aromatic carbocycles. The van der Waals surface area contributed by atoms with Crippen LogP contribution in [-0.2, 0) is 28.2 Å². The molecule has 4 amide bonds. The van der Waals surface area contributed by atoms with E-state index in [-0.39, 0.29) is 42.0 Å². The second kappa shape index (κ2) is 11.8. The van der Waals surface area contributed by atoms with E-state index >= 15 is 0 Å². The third-order valence-electron chi connectivity index (χ3n) is 6.42. The van der Waals surface area contributed by atoms with Gasteiger partial charge in [0, 0.05) is 65.9 Å². The molecule has 9 N–H and O–H groups in total. The Kier molecular flexibility index (Phi) is 8.21. The standard InChI is InChI=1S/C27H33N11O4/c1-35-11-15(28)7-19(35)25(40)32-17-9-21(37(3)13-17)27(42)34-18-10-22(38(4)14-18)26(41)33-16-8-20(36(2)12-16)24(39)31-6-5-23(29)30/h7-14H,5-6,28H2,1-4H3,(H3,29,30)(H,31,39)(H,32,40)(H,33,41)(H,34,42). The van der Waals surface area contributed by atoms with Crippen molar-refractivity contribution in [3.8, 4) is 0 Å². The molecule has 42 heavy (non-hydrogen) atoms. The molecular formula is C27H33N11O4. The molecule has 0 aliphatic carbocycles. The predicted octanol–water partition coefficient (Wildman–Crippen LogP) is 1.44. The van der Waals surface area contributed by atoms with Crippen LogP contribution in [-0.4, -0.2) is 54.3 Å². The summed E-state index contributed by atoms with van der Waals surface area (Å²) in [6, 6.07) is 6.16. The van der Waals surface area contributed by atoms with Gasteiger partial charge in [0.15, 0.2) is 0 Å². The van der Waals surface area contributed by atoms with Gasteiger partial charge in [-0.1, -0.05) is 0 Å². The second-order valence-electron chi connectivity index (χ2n) is 9.84. The minimum absolute atomic E-state index is 0.0275. The fraction of sp³-hybridized carbons (Fsp3) is 0.222. The Morgan fingerprint density at radius 2 is 1.00 bits per heavy atom. The molecule has 0 radical (unpaired) electrons. The fourth-order valence-electron chi connectivity index (χ4n) is 4.38. The van der Waals surface area contributed by atoms with Crippen molar-refractivity contribution in [1.82, 2.24) is 23.6 Å². The first-order valence-electron chi connectivity index (χ1n) is 12.8. The molecule has 0 fully saturated rings. The zero-order chi connectivity index (χ0) is 30.7. The summed E-state index contributed by atoms with van der Waals surface area (Å²) < 4.78 is 6.31. The smallest absolute Gasteiger partial charge is 0.272 e. The summed E-state index contributed by atoms with van der Waals surface area (Å²) in [4.78, 5) is 51.1. The van der Waals surface area contributed by atoms with Crippen LogP contribution in [0.25, 0.3) is 0 Å². The molecule has 4 aromatic heterocycles. The van der Waals surface area contributed by atoms with Crippen LogP contribution in [0.5, 0.6) is 0 Å². The maximum Gasteiger partial charge on any atom is 0.272 e. The highest BCUT2D eigenvalue weighted by molar-refractivity contribution is 6.08. The summed E-state index contributed by atoms with van der Waals surface area (Å²) in [6.45, 7) is 0.223. The molecule has 0 aliphatic rings. The van der Waals surface area contributed by atoms with E-state index in [1.54, 1.807) is 83.4 Å². The van der Waals surface area contributed by atoms with Crippen molar-refractivity contribution >= 4 is 52.2 Å². The third kappa shape index (κ3) is 6.52. The summed E-state index contributed by atoms with van der Waals surface area (Å²) in [5.74, 6) is -1.65. The van der Waals surface area contributed by atoms with Gasteiger partial charge < -0.3 is 51.0 Å². The second-order valence-corrected chi connectivity index (χ2v) is 9.84. The van der Waals surface area contributed by atoms with Gasteiger partial charge in [-0.25, -0.2) is 0 Å². The first-order valence-corrected chi connectivity index (χ1v) is 12.8. The number of nitrogen functional groups attached to an aromatic ring is 1. The van der Waals surface area contributed by atoms with Gasteiger partial charge in [-0.05, 0) is 24.3 Å². The summed E-state index contributed by atoms with van der Waals surface area (Å²) in [7, 11) is 6.71. The van der Waals surface area contributed by atoms with E-state index in [0.717, 1.165) is 0 Å². The lowest BCUT2D eigenvalue weighted by Gasteiger charge is -2.04. The molecule has 0 atom stereocenters. The fourth-order valence-corrected chi connectivity index (χ4v) is 4.38. The van der Waals surface area contributed by atoms with Gasteiger partial charge in [0.05, 0.1) is 28.6 Å². The number of carbonyl (C=O) groups is 4. The van der Waals surface area contributed by atoms with Crippen molar-refractivity contribution < 1.29 is 19.2 Å². The number of nitrogens with one attached hydrogen (secondary N) is 5. The van der Waals surface area contributed by atoms with Gasteiger partial charge in [-0.3, -0.25) is 24.6 Å². The number of hydrogen-bond acceptors (Lipinski definition) is 6. The van der Waals surface area contributed by atoms with E-state index in [0.29, 0.717) is 34.1 Å². The summed E-state index contributed by atoms with van der Waals surface area (Å²) >= 11 is 0. The van der Waals surface area contributed by atoms with E-state index < -0.39 is 11.8 Å². The number of aromatic nitrogens is 4. The van der Waals surface area contributed by atoms with Crippen LogP contribution < -0.4 is 32.7 Å². The first kappa shape index (κ1) is 29.3. The molecule has 0 saturated carbocycles. The molecule has 0 spiro atoms. The lowest BCUT2D eigenvalue weighted by Crippen LogP contribution is -2.28. The molecular weight excluding hydrogens is 542 g/mol. The number of rotatable bonds is 10. The number of nitrogens with zero attached hydrogens (tertiary/aromatic N) is 4. The number of nitrogens with two attached hydrogens (primary N) is 2. The van der Waals surface area contributed by atoms with Crippen molar-refractivity contribution in [2.75, 3.05) is 28.2 Å². The van der Waals surface area contributed by atoms with Crippen LogP contribution in [0.4, 0.5) is 22.7 Å². The third-order valence-corrected chi connectivity index (χ3v) is 6.42. The quantitative estimate of drug-likeness (QED) is 0.110. The summed E-state index contributed by atoms with van der Waals surface area (Å²) in [6.07, 6.45) is 6.67. The van der Waals surface area contributed by atoms with Gasteiger partial charge in [-0.15, -0.1) is 0 Å². The van der Waals surface area contributed by atoms with Crippen molar-refractivity contribution in [3.63, 3.8) is 0 Å². The van der Waals surface area contributed by atoms with Gasteiger partial charge in [0.25, 0.3) is 23.6 Å². The Hall–Kier alpha value is -5.73. The SMILES string of the molecule is Cn1cc(NC(=O)c2cc(NC(=O)c3cc(NC(=O)c4cc(N)cn4C)cn3C)cn2C)cc1C(=O)NCCC(=N)N. The average molecular weight is 576 g/mol. The average Bonchev–Trinajstić information content (AvgIpc) is 3.64. The molecule has 15 heteroatoms. The van der Waals surface area contributed by atoms with E-state index in [2.05, 4.69) is 21.3 Å². The zero-order valence-electron chi connectivity index (χ0n) is 23.6. The monoisotopic (exact) mass is 575 g/mol. The highest BCUT2D eigenvalue weighted by Crippen LogP contribution is 2.20. The van der Waals surface area contributed by atoms with Crippen molar-refractivity contribution in [1.29, 1.82) is 5.41 Å². The highest BCUT2D eigenvalue weighted by Gasteiger charge is 2.19. The van der Waals surface area contributed by atoms with Gasteiger partial charge >= 0.3 is 0 Å². The molecule has 0 bridgehead atoms. The first-order chi connectivity index (χ1) is 19.8. The van der Waals surface area contributed by atoms with E-state index in [1.807, 2.05) is 0 Å². The maximum atomic E-state index is 13.0. The Bertz CT molecular complexity index is 1700. The zero-order valence-corrected chi connectivity index (χ0v) is 23.6. The van der Waals surface area contributed by atoms with Crippen LogP contribution >= 0.6 is 0 Å². The number of hydrogen-bond donors (Lipinski definition) is 7. The largest absolute Gasteiger partial charge is 0.397 e. The Morgan fingerprint density at radius 3 is 1.36 bits per heavy atom. The van der Waals surface area contributed by atoms with Crippen LogP contribution in [0.2, 0.25) is 0 Å². The molecule has 15 nitrogen and oxygen atoms in total. The van der Waals surface area contributed by atoms with Gasteiger partial charge in [-0.2, -0.15) is 0 Å². The maximum absolute atomic E-state index is 13.0. The van der Waals surface area contributed by atoms with E-state index in [9.17, 15) is 19.2 Å². The minimum atomic E-state index is -0.447. The molecule has 4 aromatic rings. The topological polar surface area (TPSA) is 212 Å². The van der Waals surface area contributed by atoms with Crippen LogP contribution in [0, 0.1) is 5.41 Å². The highest BCUT2D eigenvalue weighted by atomic mass is 16.2. The molecule has 4 rings (SSSR count). The molecule has 0 saturated heterocycles. The number of anilines is 4. The van der Waals surface area contributed by atoms with Crippen LogP contribution in [0.1, 0.15) is 48.4 Å². The lowest BCUT2D eigenvalue weighted by atomic mass is 10.3. The van der Waals surface area contributed by atoms with Crippen LogP contribution in [0.3, 0.4) is 0 Å². The number of amidine groups is 1. The Balaban J connectivity index is 1.39. The Morgan fingerprint density at radius 1 is 0.643 bits per heavy atom. The number of amides is 4. The van der Waals surface area contributed by atoms with Gasteiger partial charge in [0.1, 0.15) is 22.8 Å². The van der Waals surface area contributed by atoms with Gasteiger partial charge in [0.2, 0.25) is 0 Å². The minimum Gasteiger partial charge on any atom is -0.397 e. The summed E-state index contributed by atoms with van der Waals surface area (Å²) in [5.41, 5.74) is 14.0. The molecule has 0 unspecified atom stereocenters. The van der Waals surface area contributed by atoms with Crippen LogP contribution in [0.15, 0.2) is 49.1 Å². The molecule has 0 aliphatic heterocycles. The van der Waals surface area contributed by atoms with Crippen molar-refractivity contribution in [2.24, 2.45) is 33.9 Å². The van der Waals surface area contributed by atoms with Crippen molar-refractivity contribution in [2.45, 2.75) is 6.42 Å². The summed E-state index contributed by atoms with van der Waals surface area (Å²) in [5, 5.41) is 18.2. The Labute approximate surface area is 241 Å². The normalized spacial score (nSPS) is 10.8.